The van der Waals surface area contributed by atoms with E-state index in [1.165, 1.54) is 12.8 Å². The Kier molecular flexibility index (Phi) is 54.8. The Bertz CT molecular complexity index is 2060. The van der Waals surface area contributed by atoms with E-state index in [-0.39, 0.29) is 85.9 Å². The number of aliphatic imine (C=N–C) groups is 1. The van der Waals surface area contributed by atoms with Gasteiger partial charge in [-0.2, -0.15) is 0 Å². The Hall–Kier alpha value is -4.15. The van der Waals surface area contributed by atoms with Gasteiger partial charge >= 0.3 is 11.9 Å². The number of aliphatic hydroxyl groups excluding tert-OH is 1. The second-order valence-electron chi connectivity index (χ2n) is 27.7. The van der Waals surface area contributed by atoms with Crippen molar-refractivity contribution in [2.75, 3.05) is 124 Å². The zero-order valence-corrected chi connectivity index (χ0v) is 61.3. The van der Waals surface area contributed by atoms with Gasteiger partial charge in [0.15, 0.2) is 31.5 Å². The van der Waals surface area contributed by atoms with E-state index in [2.05, 4.69) is 138 Å². The molecule has 0 spiro atoms. The first-order valence-electron chi connectivity index (χ1n) is 36.9. The second-order valence-corrected chi connectivity index (χ2v) is 27.7. The van der Waals surface area contributed by atoms with Gasteiger partial charge in [0.2, 0.25) is 11.8 Å². The molecule has 1 rings (SSSR count). The van der Waals surface area contributed by atoms with Gasteiger partial charge in [-0.05, 0) is 122 Å². The van der Waals surface area contributed by atoms with Crippen LogP contribution in [0.5, 0.6) is 0 Å². The number of rotatable bonds is 68. The molecule has 0 radical (unpaired) electrons. The van der Waals surface area contributed by atoms with Crippen LogP contribution in [0.3, 0.4) is 0 Å². The van der Waals surface area contributed by atoms with Gasteiger partial charge in [0.1, 0.15) is 0 Å². The van der Waals surface area contributed by atoms with Gasteiger partial charge < -0.3 is 108 Å². The lowest BCUT2D eigenvalue weighted by molar-refractivity contribution is -0.460. The topological polar surface area (TPSA) is 473 Å². The van der Waals surface area contributed by atoms with Crippen molar-refractivity contribution >= 4 is 42.1 Å². The first-order chi connectivity index (χ1) is 46.5. The van der Waals surface area contributed by atoms with Gasteiger partial charge in [-0.25, -0.2) is 9.98 Å². The number of unbranched alkanes of at least 4 members (excludes halogenated alkanes) is 1. The maximum Gasteiger partial charge on any atom is 0.303 e. The summed E-state index contributed by atoms with van der Waals surface area (Å²) in [4.78, 5) is 61.1. The van der Waals surface area contributed by atoms with E-state index in [0.717, 1.165) is 77.7 Å². The molecule has 568 valence electrons. The van der Waals surface area contributed by atoms with Gasteiger partial charge in [-0.1, -0.05) is 54.4 Å². The monoisotopic (exact) mass is 1380 g/mol. The maximum absolute atomic E-state index is 12.2. The minimum atomic E-state index is -0.853. The highest BCUT2D eigenvalue weighted by Crippen LogP contribution is 2.20. The fraction of sp³-hybridized carbons (Fsp3) is 0.868. The van der Waals surface area contributed by atoms with Crippen molar-refractivity contribution < 1.29 is 44.5 Å². The van der Waals surface area contributed by atoms with Crippen LogP contribution in [-0.2, 0) is 19.2 Å². The Balaban J connectivity index is 2.86. The zero-order chi connectivity index (χ0) is 72.0. The molecule has 0 aromatic heterocycles. The first kappa shape index (κ1) is 90.9. The number of carbonyl (C=O) groups excluding carboxylic acids is 2. The quantitative estimate of drug-likeness (QED) is 0.0118. The predicted octanol–water partition coefficient (Wildman–Crippen LogP) is -4.61. The number of guanidine groups is 1. The van der Waals surface area contributed by atoms with E-state index in [4.69, 9.17) is 34.4 Å². The standard InChI is InChI=1S/C68H142N22O7/c1-9-51(6)61(89-45-60-16-13-37-90(60)48-63(50(4)5)81-28-26-70)46-78-33-36-82-62(53(8)91)47-77-30-29-75-31-34-79-56(19-23-66(94)95)42-88-59(38-49(2)3)44-87-57(18-22-65(72)93)43-85-54(15-12-27-83-68(73)74)39-76-32-35-80-55(17-21-64(71)92)41-86-58(20-24-67(96)97)40-84-52(7)14-10-11-25-69/h26,30,32-33,49-63,75-76,79-82,84-89,91H,9-25,27-29,31,34-48,69-70H2,1-8H3,(H2,71,92)(H2,72,93)(H,94,95)(H,96,97)(H4,73,74,83)/q-2/p+2/t51-,52+,53+,54-,55-,56-,57-,58-,59-,60-,61+,62+,63+/m0/s1. The van der Waals surface area contributed by atoms with E-state index >= 15 is 0 Å². The highest BCUT2D eigenvalue weighted by Gasteiger charge is 2.30. The SMILES string of the molecule is CC[C@H](C)[C@@H](C[NH+]=CCN[C@H](C[NH+]=CCNCCN[C@@H](CCC(=O)O)CN[C@H](CN[C@@H](CCC(N)=O)CN[C@@H](CCCN=C(N)N)CN[CH-]CN[C@@H](CCC(N)=O)CN[C@@H](CCC(=O)O)CN[C@H](C)CCCCN)CC(C)C)[C@@H](C)O)NC[C@@H]1CCCN1C[C@@H](NC[CH-]N)C(C)C. The Morgan fingerprint density at radius 1 is 0.619 bits per heavy atom. The summed E-state index contributed by atoms with van der Waals surface area (Å²) in [7, 11) is 0. The molecule has 0 bridgehead atoms. The van der Waals surface area contributed by atoms with Crippen molar-refractivity contribution in [1.29, 1.82) is 0 Å². The molecule has 13 atom stereocenters. The minimum Gasteiger partial charge on any atom is -0.482 e. The smallest absolute Gasteiger partial charge is 0.303 e. The van der Waals surface area contributed by atoms with Crippen LogP contribution in [0, 0.1) is 30.8 Å². The molecule has 1 saturated heterocycles. The van der Waals surface area contributed by atoms with Crippen LogP contribution in [0.4, 0.5) is 0 Å². The molecule has 0 unspecified atom stereocenters. The fourth-order valence-electron chi connectivity index (χ4n) is 11.9. The summed E-state index contributed by atoms with van der Waals surface area (Å²) in [6, 6.07) is 0.983. The Labute approximate surface area is 584 Å². The molecule has 1 aliphatic rings. The van der Waals surface area contributed by atoms with E-state index < -0.39 is 23.9 Å². The van der Waals surface area contributed by atoms with Gasteiger partial charge in [-0.15, -0.1) is 13.1 Å². The van der Waals surface area contributed by atoms with Gasteiger partial charge in [0, 0.05) is 146 Å². The second kappa shape index (κ2) is 58.5. The summed E-state index contributed by atoms with van der Waals surface area (Å²) < 4.78 is 0. The highest BCUT2D eigenvalue weighted by atomic mass is 16.4. The number of carboxylic acid groups (broad SMARTS) is 2. The Morgan fingerprint density at radius 3 is 1.75 bits per heavy atom. The Morgan fingerprint density at radius 2 is 1.19 bits per heavy atom. The number of hydrogen-bond donors (Lipinski definition) is 23. The van der Waals surface area contributed by atoms with Gasteiger partial charge in [-0.3, -0.25) is 47.5 Å². The number of amides is 2. The van der Waals surface area contributed by atoms with Crippen molar-refractivity contribution in [2.45, 2.75) is 237 Å². The normalized spacial score (nSPS) is 17.7. The first-order valence-corrected chi connectivity index (χ1v) is 36.9. The molecule has 29 N–H and O–H groups in total. The molecule has 29 heteroatoms. The third-order valence-corrected chi connectivity index (χ3v) is 18.3. The molecular formula is C68H144N22O7. The summed E-state index contributed by atoms with van der Waals surface area (Å²) in [5, 5.41) is 73.0. The van der Waals surface area contributed by atoms with Crippen molar-refractivity contribution in [1.82, 2.24) is 68.7 Å². The number of nitrogens with two attached hydrogens (primary N) is 6. The number of nitrogens with one attached hydrogen (secondary N) is 14. The molecule has 29 nitrogen and oxygen atoms in total. The lowest BCUT2D eigenvalue weighted by Gasteiger charge is -2.33. The van der Waals surface area contributed by atoms with E-state index in [0.29, 0.717) is 153 Å². The summed E-state index contributed by atoms with van der Waals surface area (Å²) >= 11 is 0. The molecular weight excluding hydrogens is 1240 g/mol. The summed E-state index contributed by atoms with van der Waals surface area (Å²) in [6.45, 7) is 33.7. The molecule has 0 aromatic rings. The summed E-state index contributed by atoms with van der Waals surface area (Å²) in [6.07, 6.45) is 14.7. The average molecular weight is 1380 g/mol. The van der Waals surface area contributed by atoms with E-state index in [9.17, 15) is 34.5 Å². The van der Waals surface area contributed by atoms with Crippen molar-refractivity contribution in [3.05, 3.63) is 13.1 Å². The number of likely N-dealkylation sites (tertiary alicyclic amines) is 1. The van der Waals surface area contributed by atoms with Crippen LogP contribution in [-0.4, -0.2) is 259 Å². The van der Waals surface area contributed by atoms with Crippen LogP contribution < -0.4 is 108 Å². The lowest BCUT2D eigenvalue weighted by atomic mass is 9.98. The van der Waals surface area contributed by atoms with Crippen molar-refractivity contribution in [3.63, 3.8) is 0 Å². The summed E-state index contributed by atoms with van der Waals surface area (Å²) in [5.41, 5.74) is 33.9. The molecule has 1 aliphatic heterocycles. The molecule has 2 amide bonds. The zero-order valence-electron chi connectivity index (χ0n) is 61.3. The van der Waals surface area contributed by atoms with Crippen molar-refractivity contribution in [3.8, 4) is 0 Å². The number of aliphatic carboxylic acids is 2. The number of aliphatic hydroxyl groups is 1. The molecule has 0 saturated carbocycles. The van der Waals surface area contributed by atoms with Gasteiger partial charge in [0.05, 0.1) is 31.3 Å². The highest BCUT2D eigenvalue weighted by molar-refractivity contribution is 5.75. The largest absolute Gasteiger partial charge is 0.482 e. The minimum absolute atomic E-state index is 0.00801. The van der Waals surface area contributed by atoms with Crippen molar-refractivity contribution in [2.24, 2.45) is 57.1 Å². The number of hydrogen-bond acceptors (Lipinski definition) is 21. The number of primary amides is 2. The molecule has 1 heterocycles. The number of nitrogens with zero attached hydrogens (tertiary/aromatic N) is 2. The van der Waals surface area contributed by atoms with Gasteiger partial charge in [0.25, 0.3) is 0 Å². The number of carbonyl (C=O) groups is 4. The average Bonchev–Trinajstić information content (AvgIpc) is 1.86. The molecule has 0 aliphatic carbocycles. The third kappa shape index (κ3) is 50.8. The van der Waals surface area contributed by atoms with E-state index in [1.54, 1.807) is 13.5 Å². The van der Waals surface area contributed by atoms with Crippen LogP contribution in [0.2, 0.25) is 0 Å². The van der Waals surface area contributed by atoms with Crippen LogP contribution in [0.25, 0.3) is 0 Å². The molecule has 0 aromatic carbocycles. The van der Waals surface area contributed by atoms with Crippen LogP contribution in [0.15, 0.2) is 4.99 Å². The molecule has 97 heavy (non-hydrogen) atoms. The lowest BCUT2D eigenvalue weighted by Crippen LogP contribution is -2.77. The third-order valence-electron chi connectivity index (χ3n) is 18.3. The fourth-order valence-corrected chi connectivity index (χ4v) is 11.9. The predicted molar refractivity (Wildman–Crippen MR) is 394 cm³/mol. The number of carboxylic acids is 2. The maximum atomic E-state index is 12.2. The van der Waals surface area contributed by atoms with Crippen LogP contribution in [0.1, 0.15) is 165 Å². The summed E-state index contributed by atoms with van der Waals surface area (Å²) in [5.74, 6) is -1.04. The van der Waals surface area contributed by atoms with E-state index in [1.807, 2.05) is 12.8 Å². The molecule has 1 fully saturated rings. The van der Waals surface area contributed by atoms with Crippen LogP contribution >= 0.6 is 0 Å².